The van der Waals surface area contributed by atoms with Gasteiger partial charge in [0.05, 0.1) is 11.5 Å². The summed E-state index contributed by atoms with van der Waals surface area (Å²) >= 11 is 1.26. The molecule has 0 radical (unpaired) electrons. The van der Waals surface area contributed by atoms with Gasteiger partial charge in [-0.2, -0.15) is 0 Å². The van der Waals surface area contributed by atoms with Crippen molar-refractivity contribution in [1.82, 2.24) is 15.4 Å². The van der Waals surface area contributed by atoms with Gasteiger partial charge in [0.25, 0.3) is 0 Å². The highest BCUT2D eigenvalue weighted by atomic mass is 32.2. The van der Waals surface area contributed by atoms with Crippen LogP contribution in [0.1, 0.15) is 30.7 Å². The molecule has 8 heteroatoms. The molecule has 2 N–H and O–H groups in total. The van der Waals surface area contributed by atoms with Crippen molar-refractivity contribution in [3.8, 4) is 0 Å². The second-order valence-corrected chi connectivity index (χ2v) is 7.36. The van der Waals surface area contributed by atoms with E-state index in [2.05, 4.69) is 40.6 Å². The molecule has 0 unspecified atom stereocenters. The van der Waals surface area contributed by atoms with E-state index >= 15 is 0 Å². The Balaban J connectivity index is 1.73. The fourth-order valence-corrected chi connectivity index (χ4v) is 3.30. The predicted molar refractivity (Wildman–Crippen MR) is 112 cm³/mol. The summed E-state index contributed by atoms with van der Waals surface area (Å²) in [4.78, 5) is 26.3. The molecular weight excluding hydrogens is 376 g/mol. The molecule has 0 spiro atoms. The second kappa shape index (κ2) is 11.5. The van der Waals surface area contributed by atoms with E-state index < -0.39 is 0 Å². The van der Waals surface area contributed by atoms with Crippen LogP contribution in [0.3, 0.4) is 0 Å². The topological polar surface area (TPSA) is 87.5 Å². The van der Waals surface area contributed by atoms with Crippen LogP contribution in [0.25, 0.3) is 0 Å². The van der Waals surface area contributed by atoms with Gasteiger partial charge >= 0.3 is 0 Å². The van der Waals surface area contributed by atoms with Gasteiger partial charge in [-0.1, -0.05) is 43.3 Å². The largest absolute Gasteiger partial charge is 0.360 e. The molecule has 0 aliphatic carbocycles. The highest BCUT2D eigenvalue weighted by molar-refractivity contribution is 8.00. The lowest BCUT2D eigenvalue weighted by Gasteiger charge is -2.20. The standard InChI is InChI=1S/C20H28N4O3S/c1-4-24(5-2)12-17-9-7-6-8-16(17)11-21-19(25)13-28-14-20(26)22-18-10-15(3)27-23-18/h6-10H,4-5,11-14H2,1-3H3,(H,21,25)(H,22,23,26). The van der Waals surface area contributed by atoms with Gasteiger partial charge in [0, 0.05) is 19.2 Å². The van der Waals surface area contributed by atoms with E-state index in [1.807, 2.05) is 18.2 Å². The number of anilines is 1. The van der Waals surface area contributed by atoms with Gasteiger partial charge in [-0.15, -0.1) is 11.8 Å². The van der Waals surface area contributed by atoms with Gasteiger partial charge in [0.1, 0.15) is 5.76 Å². The monoisotopic (exact) mass is 404 g/mol. The zero-order valence-corrected chi connectivity index (χ0v) is 17.5. The van der Waals surface area contributed by atoms with Gasteiger partial charge in [-0.05, 0) is 31.1 Å². The van der Waals surface area contributed by atoms with Crippen molar-refractivity contribution in [3.05, 3.63) is 47.2 Å². The quantitative estimate of drug-likeness (QED) is 0.599. The van der Waals surface area contributed by atoms with Crippen molar-refractivity contribution < 1.29 is 14.1 Å². The fourth-order valence-electron chi connectivity index (χ4n) is 2.66. The molecule has 0 saturated heterocycles. The van der Waals surface area contributed by atoms with Crippen LogP contribution < -0.4 is 10.6 Å². The van der Waals surface area contributed by atoms with E-state index in [9.17, 15) is 9.59 Å². The zero-order valence-electron chi connectivity index (χ0n) is 16.7. The highest BCUT2D eigenvalue weighted by Crippen LogP contribution is 2.12. The van der Waals surface area contributed by atoms with E-state index in [1.54, 1.807) is 13.0 Å². The number of hydrogen-bond acceptors (Lipinski definition) is 6. The van der Waals surface area contributed by atoms with Crippen LogP contribution >= 0.6 is 11.8 Å². The van der Waals surface area contributed by atoms with E-state index in [-0.39, 0.29) is 23.3 Å². The lowest BCUT2D eigenvalue weighted by molar-refractivity contribution is -0.118. The van der Waals surface area contributed by atoms with Crippen LogP contribution in [0.2, 0.25) is 0 Å². The molecule has 1 aromatic carbocycles. The van der Waals surface area contributed by atoms with Crippen molar-refractivity contribution in [3.63, 3.8) is 0 Å². The third-order valence-electron chi connectivity index (χ3n) is 4.24. The van der Waals surface area contributed by atoms with Crippen molar-refractivity contribution in [2.75, 3.05) is 29.9 Å². The first kappa shape index (κ1) is 22.0. The Labute approximate surface area is 170 Å². The molecule has 1 aromatic heterocycles. The molecule has 28 heavy (non-hydrogen) atoms. The van der Waals surface area contributed by atoms with Gasteiger partial charge < -0.3 is 15.2 Å². The Kier molecular flexibility index (Phi) is 9.03. The van der Waals surface area contributed by atoms with Crippen LogP contribution in [-0.2, 0) is 22.7 Å². The van der Waals surface area contributed by atoms with Crippen molar-refractivity contribution in [2.45, 2.75) is 33.9 Å². The zero-order chi connectivity index (χ0) is 20.4. The fraction of sp³-hybridized carbons (Fsp3) is 0.450. The lowest BCUT2D eigenvalue weighted by Crippen LogP contribution is -2.27. The van der Waals surface area contributed by atoms with Crippen LogP contribution in [-0.4, -0.2) is 46.5 Å². The number of aryl methyl sites for hydroxylation is 1. The Morgan fingerprint density at radius 1 is 1.11 bits per heavy atom. The molecule has 2 amide bonds. The number of carbonyl (C=O) groups is 2. The normalized spacial score (nSPS) is 10.9. The van der Waals surface area contributed by atoms with E-state index in [1.165, 1.54) is 17.3 Å². The summed E-state index contributed by atoms with van der Waals surface area (Å²) in [5.74, 6) is 1.12. The van der Waals surface area contributed by atoms with Crippen LogP contribution in [0.5, 0.6) is 0 Å². The minimum absolute atomic E-state index is 0.0901. The number of rotatable bonds is 11. The summed E-state index contributed by atoms with van der Waals surface area (Å²) in [7, 11) is 0. The Hall–Kier alpha value is -2.32. The molecule has 2 rings (SSSR count). The summed E-state index contributed by atoms with van der Waals surface area (Å²) in [6.07, 6.45) is 0. The van der Waals surface area contributed by atoms with Gasteiger partial charge in [-0.3, -0.25) is 14.5 Å². The molecule has 7 nitrogen and oxygen atoms in total. The molecule has 2 aromatic rings. The second-order valence-electron chi connectivity index (χ2n) is 6.37. The molecule has 1 heterocycles. The molecular formula is C20H28N4O3S. The summed E-state index contributed by atoms with van der Waals surface area (Å²) in [5, 5.41) is 9.27. The molecule has 0 aliphatic rings. The number of benzene rings is 1. The maximum Gasteiger partial charge on any atom is 0.235 e. The van der Waals surface area contributed by atoms with Crippen molar-refractivity contribution in [2.24, 2.45) is 0 Å². The molecule has 0 fully saturated rings. The molecule has 0 saturated carbocycles. The first-order valence-electron chi connectivity index (χ1n) is 9.38. The number of aromatic nitrogens is 1. The van der Waals surface area contributed by atoms with Crippen molar-refractivity contribution in [1.29, 1.82) is 0 Å². The number of thioether (sulfide) groups is 1. The molecule has 0 aliphatic heterocycles. The first-order valence-corrected chi connectivity index (χ1v) is 10.5. The first-order chi connectivity index (χ1) is 13.5. The van der Waals surface area contributed by atoms with E-state index in [0.29, 0.717) is 18.1 Å². The number of nitrogens with zero attached hydrogens (tertiary/aromatic N) is 2. The summed E-state index contributed by atoms with van der Waals surface area (Å²) in [5.41, 5.74) is 2.34. The molecule has 0 atom stereocenters. The van der Waals surface area contributed by atoms with Crippen LogP contribution in [0.15, 0.2) is 34.9 Å². The Bertz CT molecular complexity index is 774. The number of nitrogens with one attached hydrogen (secondary N) is 2. The van der Waals surface area contributed by atoms with Gasteiger partial charge in [0.15, 0.2) is 5.82 Å². The summed E-state index contributed by atoms with van der Waals surface area (Å²) in [6.45, 7) is 9.38. The number of hydrogen-bond donors (Lipinski definition) is 2. The highest BCUT2D eigenvalue weighted by Gasteiger charge is 2.10. The average Bonchev–Trinajstić information content (AvgIpc) is 3.09. The average molecular weight is 405 g/mol. The van der Waals surface area contributed by atoms with Gasteiger partial charge in [-0.25, -0.2) is 0 Å². The third kappa shape index (κ3) is 7.36. The smallest absolute Gasteiger partial charge is 0.235 e. The van der Waals surface area contributed by atoms with Gasteiger partial charge in [0.2, 0.25) is 11.8 Å². The molecule has 152 valence electrons. The van der Waals surface area contributed by atoms with Crippen LogP contribution in [0.4, 0.5) is 5.82 Å². The van der Waals surface area contributed by atoms with E-state index in [0.717, 1.165) is 25.2 Å². The lowest BCUT2D eigenvalue weighted by atomic mass is 10.1. The maximum atomic E-state index is 12.1. The SMILES string of the molecule is CCN(CC)Cc1ccccc1CNC(=O)CSCC(=O)Nc1cc(C)on1. The molecule has 0 bridgehead atoms. The predicted octanol–water partition coefficient (Wildman–Crippen LogP) is 2.81. The number of amides is 2. The summed E-state index contributed by atoms with van der Waals surface area (Å²) < 4.78 is 4.89. The minimum atomic E-state index is -0.212. The Morgan fingerprint density at radius 2 is 1.79 bits per heavy atom. The maximum absolute atomic E-state index is 12.1. The Morgan fingerprint density at radius 3 is 2.43 bits per heavy atom. The summed E-state index contributed by atoms with van der Waals surface area (Å²) in [6, 6.07) is 9.79. The number of carbonyl (C=O) groups excluding carboxylic acids is 2. The third-order valence-corrected chi connectivity index (χ3v) is 5.18. The van der Waals surface area contributed by atoms with E-state index in [4.69, 9.17) is 4.52 Å². The van der Waals surface area contributed by atoms with Crippen LogP contribution in [0, 0.1) is 6.92 Å². The minimum Gasteiger partial charge on any atom is -0.360 e. The van der Waals surface area contributed by atoms with Crippen molar-refractivity contribution >= 4 is 29.4 Å².